The number of hydrogen-bond acceptors (Lipinski definition) is 9. The molecule has 0 spiro atoms. The van der Waals surface area contributed by atoms with Crippen LogP contribution in [0.3, 0.4) is 0 Å². The van der Waals surface area contributed by atoms with Crippen LogP contribution in [0.25, 0.3) is 0 Å². The maximum absolute atomic E-state index is 6.15. The first-order valence-corrected chi connectivity index (χ1v) is 12.5. The molecule has 0 saturated carbocycles. The van der Waals surface area contributed by atoms with Crippen LogP contribution < -0.4 is 0 Å². The van der Waals surface area contributed by atoms with E-state index in [1.807, 2.05) is 0 Å². The summed E-state index contributed by atoms with van der Waals surface area (Å²) in [6.45, 7) is 8.62. The van der Waals surface area contributed by atoms with Gasteiger partial charge in [0.05, 0.1) is 25.4 Å². The third-order valence-corrected chi connectivity index (χ3v) is 7.26. The minimum absolute atomic E-state index is 0.00949. The van der Waals surface area contributed by atoms with E-state index in [0.29, 0.717) is 32.3 Å². The molecule has 2 heterocycles. The first-order valence-electron chi connectivity index (χ1n) is 12.5. The Morgan fingerprint density at radius 3 is 1.50 bits per heavy atom. The van der Waals surface area contributed by atoms with E-state index < -0.39 is 6.29 Å². The summed E-state index contributed by atoms with van der Waals surface area (Å²) in [6.07, 6.45) is 1.56. The quantitative estimate of drug-likeness (QED) is 0.320. The lowest BCUT2D eigenvalue weighted by molar-refractivity contribution is -0.296. The Morgan fingerprint density at radius 1 is 0.529 bits per heavy atom. The molecule has 34 heavy (non-hydrogen) atoms. The summed E-state index contributed by atoms with van der Waals surface area (Å²) in [5.74, 6) is 0.694. The average Bonchev–Trinajstić information content (AvgIpc) is 2.82. The maximum atomic E-state index is 6.15. The normalized spacial score (nSPS) is 38.8. The Hall–Kier alpha value is -0.360. The second-order valence-electron chi connectivity index (χ2n) is 9.48. The van der Waals surface area contributed by atoms with E-state index in [1.165, 1.54) is 0 Å². The van der Waals surface area contributed by atoms with Crippen LogP contribution in [0.4, 0.5) is 0 Å². The third-order valence-electron chi connectivity index (χ3n) is 7.26. The molecule has 2 aliphatic rings. The monoisotopic (exact) mass is 492 g/mol. The smallest absolute Gasteiger partial charge is 0.184 e. The van der Waals surface area contributed by atoms with Crippen LogP contribution in [0.1, 0.15) is 40.0 Å². The van der Waals surface area contributed by atoms with Crippen molar-refractivity contribution in [3.8, 4) is 0 Å². The van der Waals surface area contributed by atoms with Gasteiger partial charge in [-0.1, -0.05) is 20.8 Å². The standard InChI is InChI=1S/C25H48O9/c1-16-17(2)24(33-19(14-26-4)21(16)28-6)31-12-10-9-11-13-32-25-23(30-8)18(3)22(29-7)20(34-25)15-27-5/h16-25H,9-15H2,1-8H3/t16?,17?,18-,19?,20?,21-,22-,23?,24+,25?/m0/s1. The predicted molar refractivity (Wildman–Crippen MR) is 127 cm³/mol. The molecule has 9 heteroatoms. The van der Waals surface area contributed by atoms with Gasteiger partial charge in [-0.05, 0) is 25.2 Å². The van der Waals surface area contributed by atoms with E-state index in [-0.39, 0.29) is 48.6 Å². The van der Waals surface area contributed by atoms with Crippen LogP contribution in [0.15, 0.2) is 0 Å². The van der Waals surface area contributed by atoms with Gasteiger partial charge in [0.25, 0.3) is 0 Å². The summed E-state index contributed by atoms with van der Waals surface area (Å²) < 4.78 is 52.0. The first kappa shape index (κ1) is 29.9. The molecule has 0 aromatic carbocycles. The summed E-state index contributed by atoms with van der Waals surface area (Å²) in [6, 6.07) is 0. The Labute approximate surface area is 206 Å². The van der Waals surface area contributed by atoms with Crippen molar-refractivity contribution < 1.29 is 42.6 Å². The molecule has 0 aromatic heterocycles. The van der Waals surface area contributed by atoms with E-state index in [9.17, 15) is 0 Å². The molecule has 2 fully saturated rings. The molecule has 0 radical (unpaired) electrons. The minimum atomic E-state index is -0.438. The molecule has 2 rings (SSSR count). The highest BCUT2D eigenvalue weighted by Gasteiger charge is 2.45. The van der Waals surface area contributed by atoms with Gasteiger partial charge in [-0.15, -0.1) is 0 Å². The van der Waals surface area contributed by atoms with E-state index >= 15 is 0 Å². The van der Waals surface area contributed by atoms with Crippen molar-refractivity contribution in [3.63, 3.8) is 0 Å². The molecule has 10 atom stereocenters. The highest BCUT2D eigenvalue weighted by atomic mass is 16.7. The van der Waals surface area contributed by atoms with Crippen LogP contribution >= 0.6 is 0 Å². The highest BCUT2D eigenvalue weighted by molar-refractivity contribution is 4.89. The van der Waals surface area contributed by atoms with Crippen LogP contribution in [0.2, 0.25) is 0 Å². The predicted octanol–water partition coefficient (Wildman–Crippen LogP) is 2.89. The molecule has 0 bridgehead atoms. The minimum Gasteiger partial charge on any atom is -0.382 e. The summed E-state index contributed by atoms with van der Waals surface area (Å²) in [4.78, 5) is 0. The topological polar surface area (TPSA) is 83.1 Å². The molecule has 0 aliphatic carbocycles. The average molecular weight is 493 g/mol. The van der Waals surface area contributed by atoms with Crippen molar-refractivity contribution in [3.05, 3.63) is 0 Å². The van der Waals surface area contributed by atoms with E-state index in [4.69, 9.17) is 42.6 Å². The van der Waals surface area contributed by atoms with Crippen LogP contribution in [0.5, 0.6) is 0 Å². The molecule has 9 nitrogen and oxygen atoms in total. The number of unbranched alkanes of at least 4 members (excludes halogenated alkanes) is 2. The van der Waals surface area contributed by atoms with Gasteiger partial charge in [-0.3, -0.25) is 0 Å². The van der Waals surface area contributed by atoms with E-state index in [2.05, 4.69) is 20.8 Å². The fraction of sp³-hybridized carbons (Fsp3) is 1.00. The number of methoxy groups -OCH3 is 5. The van der Waals surface area contributed by atoms with Gasteiger partial charge in [-0.2, -0.15) is 0 Å². The second kappa shape index (κ2) is 15.7. The lowest BCUT2D eigenvalue weighted by atomic mass is 9.84. The summed E-state index contributed by atoms with van der Waals surface area (Å²) >= 11 is 0. The zero-order chi connectivity index (χ0) is 25.1. The number of ether oxygens (including phenoxy) is 9. The van der Waals surface area contributed by atoms with Crippen LogP contribution in [0, 0.1) is 17.8 Å². The highest BCUT2D eigenvalue weighted by Crippen LogP contribution is 2.33. The van der Waals surface area contributed by atoms with Crippen molar-refractivity contribution >= 4 is 0 Å². The van der Waals surface area contributed by atoms with Gasteiger partial charge < -0.3 is 42.6 Å². The Kier molecular flexibility index (Phi) is 13.8. The molecular formula is C25H48O9. The van der Waals surface area contributed by atoms with Crippen LogP contribution in [-0.4, -0.2) is 105 Å². The largest absolute Gasteiger partial charge is 0.382 e. The fourth-order valence-corrected chi connectivity index (χ4v) is 5.12. The Balaban J connectivity index is 1.70. The van der Waals surface area contributed by atoms with Gasteiger partial charge >= 0.3 is 0 Å². The van der Waals surface area contributed by atoms with Crippen molar-refractivity contribution in [2.75, 3.05) is 62.0 Å². The lowest BCUT2D eigenvalue weighted by Crippen LogP contribution is -2.56. The Bertz CT molecular complexity index is 535. The molecule has 0 aromatic rings. The van der Waals surface area contributed by atoms with Crippen molar-refractivity contribution in [2.24, 2.45) is 17.8 Å². The Morgan fingerprint density at radius 2 is 1.00 bits per heavy atom. The third kappa shape index (κ3) is 7.82. The van der Waals surface area contributed by atoms with E-state index in [1.54, 1.807) is 35.5 Å². The number of rotatable bonds is 15. The second-order valence-corrected chi connectivity index (χ2v) is 9.48. The maximum Gasteiger partial charge on any atom is 0.184 e. The fourth-order valence-electron chi connectivity index (χ4n) is 5.12. The van der Waals surface area contributed by atoms with Crippen molar-refractivity contribution in [1.29, 1.82) is 0 Å². The molecule has 2 saturated heterocycles. The first-order chi connectivity index (χ1) is 16.4. The zero-order valence-corrected chi connectivity index (χ0v) is 22.4. The summed E-state index contributed by atoms with van der Waals surface area (Å²) in [5.41, 5.74) is 0. The SMILES string of the molecule is COCC1O[C@@H](OCCCCCOC2OC(COC)[C@@H](OC)[C@H](C)C2OC)C(C)C(C)[C@@H]1OC. The van der Waals surface area contributed by atoms with Crippen LogP contribution in [-0.2, 0) is 42.6 Å². The van der Waals surface area contributed by atoms with Gasteiger partial charge in [0.1, 0.15) is 18.3 Å². The van der Waals surface area contributed by atoms with Gasteiger partial charge in [0, 0.05) is 60.6 Å². The number of hydrogen-bond donors (Lipinski definition) is 0. The summed E-state index contributed by atoms with van der Waals surface area (Å²) in [5, 5.41) is 0. The molecular weight excluding hydrogens is 444 g/mol. The van der Waals surface area contributed by atoms with Gasteiger partial charge in [0.2, 0.25) is 0 Å². The van der Waals surface area contributed by atoms with Crippen molar-refractivity contribution in [1.82, 2.24) is 0 Å². The molecule has 0 N–H and O–H groups in total. The summed E-state index contributed by atoms with van der Waals surface area (Å²) in [7, 11) is 8.44. The molecule has 0 amide bonds. The van der Waals surface area contributed by atoms with E-state index in [0.717, 1.165) is 19.3 Å². The van der Waals surface area contributed by atoms with Gasteiger partial charge in [0.15, 0.2) is 12.6 Å². The lowest BCUT2D eigenvalue weighted by Gasteiger charge is -2.44. The molecule has 202 valence electrons. The van der Waals surface area contributed by atoms with Gasteiger partial charge in [-0.25, -0.2) is 0 Å². The molecule has 6 unspecified atom stereocenters. The molecule has 2 aliphatic heterocycles. The van der Waals surface area contributed by atoms with Crippen molar-refractivity contribution in [2.45, 2.75) is 83.1 Å². The zero-order valence-electron chi connectivity index (χ0n) is 22.4.